The minimum absolute atomic E-state index is 0.0349. The molecule has 0 bridgehead atoms. The van der Waals surface area contributed by atoms with E-state index in [2.05, 4.69) is 0 Å². The molecule has 1 N–H and O–H groups in total. The van der Waals surface area contributed by atoms with Gasteiger partial charge in [-0.25, -0.2) is 8.42 Å². The Labute approximate surface area is 121 Å². The predicted octanol–water partition coefficient (Wildman–Crippen LogP) is 2.91. The first-order valence-electron chi connectivity index (χ1n) is 5.73. The molecular weight excluding hydrogens is 300 g/mol. The zero-order valence-electron chi connectivity index (χ0n) is 10.3. The van der Waals surface area contributed by atoms with Gasteiger partial charge in [0.15, 0.2) is 0 Å². The van der Waals surface area contributed by atoms with E-state index < -0.39 is 15.0 Å². The second kappa shape index (κ2) is 5.64. The van der Waals surface area contributed by atoms with E-state index in [1.54, 1.807) is 42.5 Å². The second-order valence-corrected chi connectivity index (χ2v) is 6.74. The maximum Gasteiger partial charge on any atom is 0.307 e. The average molecular weight is 311 g/mol. The van der Waals surface area contributed by atoms with Crippen molar-refractivity contribution >= 4 is 25.7 Å². The summed E-state index contributed by atoms with van der Waals surface area (Å²) < 4.78 is 23.1. The van der Waals surface area contributed by atoms with Gasteiger partial charge in [-0.1, -0.05) is 42.5 Å². The van der Waals surface area contributed by atoms with Crippen molar-refractivity contribution in [3.8, 4) is 11.1 Å². The van der Waals surface area contributed by atoms with E-state index >= 15 is 0 Å². The van der Waals surface area contributed by atoms with Gasteiger partial charge in [0.25, 0.3) is 9.05 Å². The van der Waals surface area contributed by atoms with Crippen LogP contribution in [0.25, 0.3) is 11.1 Å². The molecular formula is C14H11ClO4S. The molecule has 0 aliphatic carbocycles. The molecule has 6 heteroatoms. The van der Waals surface area contributed by atoms with Gasteiger partial charge in [0, 0.05) is 16.2 Å². The van der Waals surface area contributed by atoms with E-state index in [1.807, 2.05) is 0 Å². The van der Waals surface area contributed by atoms with Gasteiger partial charge in [-0.15, -0.1) is 0 Å². The molecule has 0 amide bonds. The Bertz CT molecular complexity index is 736. The first kappa shape index (κ1) is 14.6. The molecule has 0 heterocycles. The van der Waals surface area contributed by atoms with Crippen molar-refractivity contribution < 1.29 is 18.3 Å². The Kier molecular flexibility index (Phi) is 4.11. The van der Waals surface area contributed by atoms with E-state index in [0.717, 1.165) is 0 Å². The third kappa shape index (κ3) is 3.37. The van der Waals surface area contributed by atoms with Gasteiger partial charge in [-0.3, -0.25) is 4.79 Å². The Morgan fingerprint density at radius 2 is 1.65 bits per heavy atom. The number of aliphatic carboxylic acids is 1. The van der Waals surface area contributed by atoms with Crippen LogP contribution >= 0.6 is 10.7 Å². The highest BCUT2D eigenvalue weighted by Crippen LogP contribution is 2.29. The fourth-order valence-corrected chi connectivity index (χ4v) is 2.99. The second-order valence-electron chi connectivity index (χ2n) is 4.20. The van der Waals surface area contributed by atoms with Gasteiger partial charge in [-0.2, -0.15) is 0 Å². The first-order chi connectivity index (χ1) is 9.38. The molecule has 4 nitrogen and oxygen atoms in total. The third-order valence-electron chi connectivity index (χ3n) is 2.77. The minimum atomic E-state index is -3.83. The van der Waals surface area contributed by atoms with Gasteiger partial charge in [0.2, 0.25) is 0 Å². The maximum atomic E-state index is 11.5. The monoisotopic (exact) mass is 310 g/mol. The lowest BCUT2D eigenvalue weighted by molar-refractivity contribution is -0.136. The van der Waals surface area contributed by atoms with Gasteiger partial charge in [0.05, 0.1) is 11.3 Å². The quantitative estimate of drug-likeness (QED) is 0.881. The summed E-state index contributed by atoms with van der Waals surface area (Å²) in [4.78, 5) is 10.6. The molecule has 0 radical (unpaired) electrons. The minimum Gasteiger partial charge on any atom is -0.481 e. The molecule has 2 aromatic rings. The van der Waals surface area contributed by atoms with Crippen molar-refractivity contribution in [2.75, 3.05) is 0 Å². The molecule has 0 spiro atoms. The number of halogens is 1. The van der Waals surface area contributed by atoms with Crippen LogP contribution < -0.4 is 0 Å². The van der Waals surface area contributed by atoms with Crippen molar-refractivity contribution in [2.45, 2.75) is 11.3 Å². The van der Waals surface area contributed by atoms with Crippen LogP contribution in [0.2, 0.25) is 0 Å². The van der Waals surface area contributed by atoms with Crippen LogP contribution in [0.5, 0.6) is 0 Å². The van der Waals surface area contributed by atoms with Gasteiger partial charge < -0.3 is 5.11 Å². The summed E-state index contributed by atoms with van der Waals surface area (Å²) in [6, 6.07) is 13.1. The van der Waals surface area contributed by atoms with Crippen molar-refractivity contribution in [3.05, 3.63) is 54.1 Å². The molecule has 0 unspecified atom stereocenters. The van der Waals surface area contributed by atoms with E-state index in [0.29, 0.717) is 16.7 Å². The highest BCUT2D eigenvalue weighted by Gasteiger charge is 2.16. The van der Waals surface area contributed by atoms with Crippen LogP contribution in [-0.4, -0.2) is 19.5 Å². The maximum absolute atomic E-state index is 11.5. The fourth-order valence-electron chi connectivity index (χ4n) is 1.89. The van der Waals surface area contributed by atoms with Crippen LogP contribution in [0.1, 0.15) is 5.56 Å². The molecule has 0 saturated heterocycles. The third-order valence-corrected chi connectivity index (χ3v) is 4.15. The highest BCUT2D eigenvalue weighted by atomic mass is 35.7. The smallest absolute Gasteiger partial charge is 0.307 e. The van der Waals surface area contributed by atoms with Crippen LogP contribution in [0, 0.1) is 0 Å². The summed E-state index contributed by atoms with van der Waals surface area (Å²) in [6.07, 6.45) is -0.0737. The van der Waals surface area contributed by atoms with Gasteiger partial charge in [-0.05, 0) is 17.2 Å². The van der Waals surface area contributed by atoms with Crippen LogP contribution in [0.4, 0.5) is 0 Å². The number of carboxylic acids is 1. The average Bonchev–Trinajstić information content (AvgIpc) is 2.38. The van der Waals surface area contributed by atoms with Crippen LogP contribution in [0.15, 0.2) is 53.4 Å². The zero-order chi connectivity index (χ0) is 14.8. The molecule has 0 saturated carbocycles. The molecule has 2 rings (SSSR count). The number of hydrogen-bond donors (Lipinski definition) is 1. The Hall–Kier alpha value is -1.85. The Morgan fingerprint density at radius 1 is 1.05 bits per heavy atom. The lowest BCUT2D eigenvalue weighted by Crippen LogP contribution is -1.99. The topological polar surface area (TPSA) is 71.4 Å². The molecule has 0 aliphatic rings. The standard InChI is InChI=1S/C14H11ClO4S/c15-20(18,19)13-4-2-1-3-12(13)11-7-5-10(6-8-11)9-14(16)17/h1-8H,9H2,(H,16,17). The van der Waals surface area contributed by atoms with Gasteiger partial charge >= 0.3 is 5.97 Å². The summed E-state index contributed by atoms with van der Waals surface area (Å²) in [5.41, 5.74) is 1.80. The molecule has 0 fully saturated rings. The summed E-state index contributed by atoms with van der Waals surface area (Å²) in [7, 11) is 1.58. The van der Waals surface area contributed by atoms with Crippen molar-refractivity contribution in [2.24, 2.45) is 0 Å². The SMILES string of the molecule is O=C(O)Cc1ccc(-c2ccccc2S(=O)(=O)Cl)cc1. The number of carbonyl (C=O) groups is 1. The Morgan fingerprint density at radius 3 is 2.20 bits per heavy atom. The summed E-state index contributed by atoms with van der Waals surface area (Å²) in [6.45, 7) is 0. The molecule has 0 atom stereocenters. The molecule has 0 aromatic heterocycles. The lowest BCUT2D eigenvalue weighted by Gasteiger charge is -2.07. The normalized spacial score (nSPS) is 11.2. The number of carboxylic acid groups (broad SMARTS) is 1. The van der Waals surface area contributed by atoms with Crippen molar-refractivity contribution in [1.82, 2.24) is 0 Å². The number of benzene rings is 2. The van der Waals surface area contributed by atoms with E-state index in [-0.39, 0.29) is 11.3 Å². The molecule has 2 aromatic carbocycles. The van der Waals surface area contributed by atoms with Gasteiger partial charge in [0.1, 0.15) is 0 Å². The number of rotatable bonds is 4. The molecule has 104 valence electrons. The van der Waals surface area contributed by atoms with E-state index in [4.69, 9.17) is 15.8 Å². The molecule has 0 aliphatic heterocycles. The van der Waals surface area contributed by atoms with Crippen molar-refractivity contribution in [3.63, 3.8) is 0 Å². The number of hydrogen-bond acceptors (Lipinski definition) is 3. The van der Waals surface area contributed by atoms with Crippen LogP contribution in [-0.2, 0) is 20.3 Å². The molecule has 20 heavy (non-hydrogen) atoms. The highest BCUT2D eigenvalue weighted by molar-refractivity contribution is 8.13. The summed E-state index contributed by atoms with van der Waals surface area (Å²) in [5.74, 6) is -0.915. The first-order valence-corrected chi connectivity index (χ1v) is 8.03. The van der Waals surface area contributed by atoms with E-state index in [1.165, 1.54) is 6.07 Å². The Balaban J connectivity index is 2.45. The lowest BCUT2D eigenvalue weighted by atomic mass is 10.0. The summed E-state index contributed by atoms with van der Waals surface area (Å²) in [5, 5.41) is 8.71. The van der Waals surface area contributed by atoms with Crippen molar-refractivity contribution in [1.29, 1.82) is 0 Å². The van der Waals surface area contributed by atoms with E-state index in [9.17, 15) is 13.2 Å². The fraction of sp³-hybridized carbons (Fsp3) is 0.0714. The predicted molar refractivity (Wildman–Crippen MR) is 76.3 cm³/mol. The largest absolute Gasteiger partial charge is 0.481 e. The zero-order valence-corrected chi connectivity index (χ0v) is 11.9. The van der Waals surface area contributed by atoms with Crippen LogP contribution in [0.3, 0.4) is 0 Å². The summed E-state index contributed by atoms with van der Waals surface area (Å²) >= 11 is 0.